The van der Waals surface area contributed by atoms with Gasteiger partial charge >= 0.3 is 0 Å². The van der Waals surface area contributed by atoms with E-state index in [0.717, 1.165) is 12.0 Å². The third-order valence-corrected chi connectivity index (χ3v) is 4.21. The molecule has 4 N–H and O–H groups in total. The van der Waals surface area contributed by atoms with Crippen LogP contribution in [0.1, 0.15) is 45.3 Å². The summed E-state index contributed by atoms with van der Waals surface area (Å²) in [6.45, 7) is 5.49. The topological polar surface area (TPSA) is 131 Å². The van der Waals surface area contributed by atoms with Gasteiger partial charge in [0.2, 0.25) is 0 Å². The average molecular weight is 397 g/mol. The molecule has 0 aliphatic heterocycles. The quantitative estimate of drug-likeness (QED) is 0.336. The molecule has 0 bridgehead atoms. The maximum absolute atomic E-state index is 12.9. The molecule has 0 saturated carbocycles. The van der Waals surface area contributed by atoms with Gasteiger partial charge in [-0.25, -0.2) is 4.99 Å². The Labute approximate surface area is 170 Å². The molecular formula is C20H27N7O2. The lowest BCUT2D eigenvalue weighted by Gasteiger charge is -2.17. The minimum atomic E-state index is -0.656. The molecule has 2 heterocycles. The molecule has 0 aliphatic rings. The second kappa shape index (κ2) is 10.9. The zero-order valence-electron chi connectivity index (χ0n) is 16.9. The van der Waals surface area contributed by atoms with Crippen molar-refractivity contribution < 1.29 is 9.90 Å². The highest BCUT2D eigenvalue weighted by molar-refractivity contribution is 6.20. The number of allylic oxidation sites excluding steroid dienone is 2. The Kier molecular flexibility index (Phi) is 8.23. The number of nitrogens with two attached hydrogens (primary N) is 1. The number of hydrogen-bond acceptors (Lipinski definition) is 6. The molecule has 0 radical (unpaired) electrons. The van der Waals surface area contributed by atoms with Gasteiger partial charge in [-0.3, -0.25) is 9.78 Å². The molecule has 29 heavy (non-hydrogen) atoms. The van der Waals surface area contributed by atoms with Crippen LogP contribution in [0.15, 0.2) is 59.0 Å². The molecule has 2 aromatic rings. The van der Waals surface area contributed by atoms with Crippen LogP contribution in [0.2, 0.25) is 0 Å². The van der Waals surface area contributed by atoms with Crippen LogP contribution in [-0.2, 0) is 4.79 Å². The zero-order valence-corrected chi connectivity index (χ0v) is 16.9. The number of hydrogen-bond donors (Lipinski definition) is 3. The Morgan fingerprint density at radius 1 is 1.31 bits per heavy atom. The van der Waals surface area contributed by atoms with Gasteiger partial charge in [-0.1, -0.05) is 26.0 Å². The van der Waals surface area contributed by atoms with E-state index in [4.69, 9.17) is 5.73 Å². The monoisotopic (exact) mass is 397 g/mol. The number of amidine groups is 1. The lowest BCUT2D eigenvalue weighted by atomic mass is 10.1. The van der Waals surface area contributed by atoms with E-state index in [0.29, 0.717) is 17.9 Å². The van der Waals surface area contributed by atoms with Gasteiger partial charge in [0.15, 0.2) is 5.82 Å². The molecular weight excluding hydrogens is 370 g/mol. The van der Waals surface area contributed by atoms with E-state index in [1.54, 1.807) is 42.9 Å². The summed E-state index contributed by atoms with van der Waals surface area (Å²) in [4.78, 5) is 22.9. The third kappa shape index (κ3) is 5.82. The van der Waals surface area contributed by atoms with Crippen molar-refractivity contribution in [1.29, 1.82) is 0 Å². The normalized spacial score (nSPS) is 14.3. The third-order valence-electron chi connectivity index (χ3n) is 4.21. The van der Waals surface area contributed by atoms with Crippen LogP contribution in [0.3, 0.4) is 0 Å². The lowest BCUT2D eigenvalue weighted by molar-refractivity contribution is -0.118. The molecule has 1 amide bonds. The van der Waals surface area contributed by atoms with Crippen molar-refractivity contribution in [3.8, 4) is 0 Å². The first kappa shape index (κ1) is 22.0. The van der Waals surface area contributed by atoms with Crippen LogP contribution in [0.25, 0.3) is 5.82 Å². The first-order valence-corrected chi connectivity index (χ1v) is 9.45. The molecule has 1 atom stereocenters. The second-order valence-corrected chi connectivity index (χ2v) is 6.26. The smallest absolute Gasteiger partial charge is 0.255 e. The molecule has 2 rings (SSSR count). The Balaban J connectivity index is 2.33. The summed E-state index contributed by atoms with van der Waals surface area (Å²) in [5.74, 6) is 0.0649. The molecule has 0 aromatic carbocycles. The first-order chi connectivity index (χ1) is 14.0. The van der Waals surface area contributed by atoms with Crippen molar-refractivity contribution in [3.05, 3.63) is 59.7 Å². The Hall–Kier alpha value is -3.33. The Morgan fingerprint density at radius 3 is 2.59 bits per heavy atom. The number of carbonyl (C=O) groups excluding carboxylic acids is 1. The lowest BCUT2D eigenvalue weighted by Crippen LogP contribution is -2.36. The molecule has 154 valence electrons. The van der Waals surface area contributed by atoms with E-state index >= 15 is 0 Å². The number of aliphatic imine (C=N–C) groups is 1. The molecule has 0 unspecified atom stereocenters. The van der Waals surface area contributed by atoms with Gasteiger partial charge in [0.05, 0.1) is 36.3 Å². The van der Waals surface area contributed by atoms with Crippen molar-refractivity contribution in [2.45, 2.75) is 39.7 Å². The minimum absolute atomic E-state index is 0.0437. The fourth-order valence-corrected chi connectivity index (χ4v) is 2.52. The highest BCUT2D eigenvalue weighted by Gasteiger charge is 2.20. The Bertz CT molecular complexity index is 887. The van der Waals surface area contributed by atoms with E-state index in [1.807, 2.05) is 20.8 Å². The van der Waals surface area contributed by atoms with E-state index < -0.39 is 11.9 Å². The fourth-order valence-electron chi connectivity index (χ4n) is 2.52. The summed E-state index contributed by atoms with van der Waals surface area (Å²) in [6, 6.07) is 4.63. The predicted molar refractivity (Wildman–Crippen MR) is 111 cm³/mol. The van der Waals surface area contributed by atoms with Gasteiger partial charge in [-0.2, -0.15) is 10.2 Å². The number of nitrogens with one attached hydrogen (secondary N) is 1. The number of aliphatic hydroxyl groups is 1. The molecule has 0 saturated heterocycles. The highest BCUT2D eigenvalue weighted by Crippen LogP contribution is 2.15. The number of pyridine rings is 1. The second-order valence-electron chi connectivity index (χ2n) is 6.26. The van der Waals surface area contributed by atoms with Crippen LogP contribution in [-0.4, -0.2) is 43.4 Å². The number of aromatic nitrogens is 4. The maximum Gasteiger partial charge on any atom is 0.255 e. The van der Waals surface area contributed by atoms with Crippen molar-refractivity contribution in [2.24, 2.45) is 10.7 Å². The zero-order chi connectivity index (χ0) is 21.2. The molecule has 9 heteroatoms. The first-order valence-electron chi connectivity index (χ1n) is 9.45. The Morgan fingerprint density at radius 2 is 2.03 bits per heavy atom. The minimum Gasteiger partial charge on any atom is -0.394 e. The SMILES string of the molecule is CC/C=C(C(=O)N[C@H](CO)c1ccccn1)/C(N)=N\C(=C(/C)CC)n1nccn1. The van der Waals surface area contributed by atoms with E-state index in [1.165, 1.54) is 4.80 Å². The van der Waals surface area contributed by atoms with Crippen molar-refractivity contribution >= 4 is 17.6 Å². The summed E-state index contributed by atoms with van der Waals surface area (Å²) >= 11 is 0. The molecule has 2 aromatic heterocycles. The van der Waals surface area contributed by atoms with Gasteiger partial charge in [-0.15, -0.1) is 4.80 Å². The number of carbonyl (C=O) groups is 1. The van der Waals surface area contributed by atoms with Gasteiger partial charge in [0.1, 0.15) is 5.84 Å². The molecule has 9 nitrogen and oxygen atoms in total. The summed E-state index contributed by atoms with van der Waals surface area (Å²) in [5, 5.41) is 20.7. The van der Waals surface area contributed by atoms with E-state index in [-0.39, 0.29) is 18.0 Å². The standard InChI is InChI=1S/C20H27N7O2/c1-4-8-15(20(29)25-17(13-28)16-9-6-7-10-22-16)18(21)26-19(14(3)5-2)27-23-11-12-24-27/h6-12,17,28H,4-5,13H2,1-3H3,(H2,21,26)(H,25,29)/b15-8-,19-14-/t17-/m1/s1. The van der Waals surface area contributed by atoms with Gasteiger partial charge in [0, 0.05) is 6.20 Å². The number of aliphatic hydroxyl groups excluding tert-OH is 1. The number of nitrogens with zero attached hydrogens (tertiary/aromatic N) is 5. The number of rotatable bonds is 9. The van der Waals surface area contributed by atoms with Crippen molar-refractivity contribution in [3.63, 3.8) is 0 Å². The summed E-state index contributed by atoms with van der Waals surface area (Å²) in [5.41, 5.74) is 7.89. The summed E-state index contributed by atoms with van der Waals surface area (Å²) in [7, 11) is 0. The van der Waals surface area contributed by atoms with Crippen molar-refractivity contribution in [1.82, 2.24) is 25.3 Å². The summed E-state index contributed by atoms with van der Waals surface area (Å²) in [6.07, 6.45) is 7.68. The largest absolute Gasteiger partial charge is 0.394 e. The van der Waals surface area contributed by atoms with E-state index in [9.17, 15) is 9.90 Å². The molecule has 0 aliphatic carbocycles. The predicted octanol–water partition coefficient (Wildman–Crippen LogP) is 1.81. The van der Waals surface area contributed by atoms with Gasteiger partial charge in [0.25, 0.3) is 5.91 Å². The van der Waals surface area contributed by atoms with Gasteiger partial charge in [-0.05, 0) is 37.5 Å². The average Bonchev–Trinajstić information content (AvgIpc) is 3.28. The fraction of sp³-hybridized carbons (Fsp3) is 0.350. The van der Waals surface area contributed by atoms with E-state index in [2.05, 4.69) is 25.5 Å². The van der Waals surface area contributed by atoms with Crippen molar-refractivity contribution in [2.75, 3.05) is 6.61 Å². The van der Waals surface area contributed by atoms with Crippen LogP contribution in [0, 0.1) is 0 Å². The maximum atomic E-state index is 12.9. The summed E-state index contributed by atoms with van der Waals surface area (Å²) < 4.78 is 0. The highest BCUT2D eigenvalue weighted by atomic mass is 16.3. The molecule has 0 fully saturated rings. The van der Waals surface area contributed by atoms with Crippen LogP contribution < -0.4 is 11.1 Å². The van der Waals surface area contributed by atoms with Gasteiger partial charge < -0.3 is 16.2 Å². The van der Waals surface area contributed by atoms with Crippen LogP contribution >= 0.6 is 0 Å². The molecule has 0 spiro atoms. The number of amides is 1. The van der Waals surface area contributed by atoms with Crippen LogP contribution in [0.4, 0.5) is 0 Å². The van der Waals surface area contributed by atoms with Crippen LogP contribution in [0.5, 0.6) is 0 Å².